The van der Waals surface area contributed by atoms with Gasteiger partial charge in [0.15, 0.2) is 5.65 Å². The van der Waals surface area contributed by atoms with Crippen molar-refractivity contribution in [2.45, 2.75) is 19.3 Å². The Morgan fingerprint density at radius 1 is 1.40 bits per heavy atom. The van der Waals surface area contributed by atoms with Crippen LogP contribution < -0.4 is 5.32 Å². The van der Waals surface area contributed by atoms with Gasteiger partial charge in [-0.2, -0.15) is 4.98 Å². The molecule has 0 spiro atoms. The van der Waals surface area contributed by atoms with Crippen molar-refractivity contribution in [1.82, 2.24) is 19.5 Å². The third kappa shape index (κ3) is 3.12. The molecule has 0 aromatic carbocycles. The number of anilines is 1. The van der Waals surface area contributed by atoms with Crippen LogP contribution in [0.15, 0.2) is 22.8 Å². The standard InChI is InChI=1S/C14H20BrN5/c1-19-9-5-11(6-10-19)4-7-16-14-17-13-12(15)3-2-8-20(13)18-14/h2-3,8,11H,4-7,9-10H2,1H3,(H,16,18). The summed E-state index contributed by atoms with van der Waals surface area (Å²) >= 11 is 3.49. The van der Waals surface area contributed by atoms with Gasteiger partial charge in [0.25, 0.3) is 0 Å². The zero-order chi connectivity index (χ0) is 13.9. The minimum Gasteiger partial charge on any atom is -0.353 e. The molecule has 2 aromatic heterocycles. The van der Waals surface area contributed by atoms with Gasteiger partial charge in [0.05, 0.1) is 4.47 Å². The second-order valence-electron chi connectivity index (χ2n) is 5.52. The number of fused-ring (bicyclic) bond motifs is 1. The summed E-state index contributed by atoms with van der Waals surface area (Å²) in [5, 5.41) is 7.77. The van der Waals surface area contributed by atoms with Crippen LogP contribution in [0.3, 0.4) is 0 Å². The van der Waals surface area contributed by atoms with E-state index in [1.54, 1.807) is 4.52 Å². The van der Waals surface area contributed by atoms with Gasteiger partial charge in [-0.05, 0) is 73.4 Å². The summed E-state index contributed by atoms with van der Waals surface area (Å²) in [4.78, 5) is 6.90. The van der Waals surface area contributed by atoms with E-state index in [1.807, 2.05) is 18.3 Å². The lowest BCUT2D eigenvalue weighted by Gasteiger charge is -2.28. The van der Waals surface area contributed by atoms with Gasteiger partial charge < -0.3 is 10.2 Å². The van der Waals surface area contributed by atoms with Crippen LogP contribution >= 0.6 is 15.9 Å². The Labute approximate surface area is 127 Å². The number of aromatic nitrogens is 3. The molecule has 0 bridgehead atoms. The minimum atomic E-state index is 0.713. The van der Waals surface area contributed by atoms with Crippen LogP contribution in [-0.4, -0.2) is 46.2 Å². The molecule has 2 aromatic rings. The molecule has 3 rings (SSSR count). The highest BCUT2D eigenvalue weighted by Crippen LogP contribution is 2.20. The predicted octanol–water partition coefficient (Wildman–Crippen LogP) is 2.64. The van der Waals surface area contributed by atoms with Crippen molar-refractivity contribution in [3.05, 3.63) is 22.8 Å². The lowest BCUT2D eigenvalue weighted by molar-refractivity contribution is 0.215. The third-order valence-electron chi connectivity index (χ3n) is 3.99. The number of pyridine rings is 1. The fraction of sp³-hybridized carbons (Fsp3) is 0.571. The molecule has 1 aliphatic rings. The Morgan fingerprint density at radius 2 is 2.20 bits per heavy atom. The second kappa shape index (κ2) is 6.10. The lowest BCUT2D eigenvalue weighted by Crippen LogP contribution is -2.30. The number of nitrogens with one attached hydrogen (secondary N) is 1. The summed E-state index contributed by atoms with van der Waals surface area (Å²) in [5.74, 6) is 1.55. The van der Waals surface area contributed by atoms with Gasteiger partial charge in [-0.15, -0.1) is 5.10 Å². The maximum atomic E-state index is 4.49. The van der Waals surface area contributed by atoms with Gasteiger partial charge in [0.2, 0.25) is 5.95 Å². The lowest BCUT2D eigenvalue weighted by atomic mass is 9.94. The fourth-order valence-corrected chi connectivity index (χ4v) is 3.11. The summed E-state index contributed by atoms with van der Waals surface area (Å²) in [6, 6.07) is 3.93. The maximum Gasteiger partial charge on any atom is 0.243 e. The molecular weight excluding hydrogens is 318 g/mol. The van der Waals surface area contributed by atoms with Gasteiger partial charge in [-0.25, -0.2) is 4.52 Å². The molecule has 0 amide bonds. The summed E-state index contributed by atoms with van der Waals surface area (Å²) in [7, 11) is 2.20. The van der Waals surface area contributed by atoms with E-state index in [4.69, 9.17) is 0 Å². The number of likely N-dealkylation sites (tertiary alicyclic amines) is 1. The first kappa shape index (κ1) is 13.8. The van der Waals surface area contributed by atoms with Crippen molar-refractivity contribution in [1.29, 1.82) is 0 Å². The number of hydrogen-bond donors (Lipinski definition) is 1. The fourth-order valence-electron chi connectivity index (χ4n) is 2.69. The van der Waals surface area contributed by atoms with Crippen molar-refractivity contribution in [3.63, 3.8) is 0 Å². The summed E-state index contributed by atoms with van der Waals surface area (Å²) in [5.41, 5.74) is 0.856. The Kier molecular flexibility index (Phi) is 4.21. The summed E-state index contributed by atoms with van der Waals surface area (Å²) < 4.78 is 2.76. The second-order valence-corrected chi connectivity index (χ2v) is 6.38. The van der Waals surface area contributed by atoms with E-state index in [2.05, 4.69) is 43.3 Å². The van der Waals surface area contributed by atoms with Crippen molar-refractivity contribution in [3.8, 4) is 0 Å². The highest BCUT2D eigenvalue weighted by Gasteiger charge is 2.16. The minimum absolute atomic E-state index is 0.713. The van der Waals surface area contributed by atoms with Gasteiger partial charge in [-0.3, -0.25) is 0 Å². The van der Waals surface area contributed by atoms with Crippen LogP contribution in [0.2, 0.25) is 0 Å². The van der Waals surface area contributed by atoms with Crippen LogP contribution in [0.5, 0.6) is 0 Å². The van der Waals surface area contributed by atoms with Crippen molar-refractivity contribution in [2.75, 3.05) is 32.0 Å². The Hall–Kier alpha value is -1.14. The highest BCUT2D eigenvalue weighted by molar-refractivity contribution is 9.10. The molecule has 0 saturated carbocycles. The molecule has 1 fully saturated rings. The molecule has 6 heteroatoms. The highest BCUT2D eigenvalue weighted by atomic mass is 79.9. The smallest absolute Gasteiger partial charge is 0.243 e. The molecule has 0 unspecified atom stereocenters. The quantitative estimate of drug-likeness (QED) is 0.931. The van der Waals surface area contributed by atoms with Crippen LogP contribution in [0.1, 0.15) is 19.3 Å². The topological polar surface area (TPSA) is 45.5 Å². The van der Waals surface area contributed by atoms with E-state index >= 15 is 0 Å². The maximum absolute atomic E-state index is 4.49. The van der Waals surface area contributed by atoms with Crippen LogP contribution in [0.4, 0.5) is 5.95 Å². The van der Waals surface area contributed by atoms with Gasteiger partial charge in [-0.1, -0.05) is 0 Å². The third-order valence-corrected chi connectivity index (χ3v) is 4.61. The molecule has 1 saturated heterocycles. The molecule has 5 nitrogen and oxygen atoms in total. The SMILES string of the molecule is CN1CCC(CCNc2nc3c(Br)cccn3n2)CC1. The average Bonchev–Trinajstić information content (AvgIpc) is 2.85. The van der Waals surface area contributed by atoms with Gasteiger partial charge >= 0.3 is 0 Å². The molecule has 0 atom stereocenters. The monoisotopic (exact) mass is 337 g/mol. The first-order chi connectivity index (χ1) is 9.72. The summed E-state index contributed by atoms with van der Waals surface area (Å²) in [6.07, 6.45) is 5.73. The Morgan fingerprint density at radius 3 is 2.95 bits per heavy atom. The number of hydrogen-bond acceptors (Lipinski definition) is 4. The number of piperidine rings is 1. The van der Waals surface area contributed by atoms with Crippen molar-refractivity contribution in [2.24, 2.45) is 5.92 Å². The molecule has 0 radical (unpaired) electrons. The molecule has 0 aliphatic carbocycles. The molecule has 1 N–H and O–H groups in total. The number of halogens is 1. The Bertz CT molecular complexity index is 574. The number of nitrogens with zero attached hydrogens (tertiary/aromatic N) is 4. The van der Waals surface area contributed by atoms with E-state index in [0.29, 0.717) is 5.95 Å². The molecule has 108 valence electrons. The molecular formula is C14H20BrN5. The number of rotatable bonds is 4. The average molecular weight is 338 g/mol. The Balaban J connectivity index is 1.53. The largest absolute Gasteiger partial charge is 0.353 e. The van der Waals surface area contributed by atoms with Crippen LogP contribution in [0.25, 0.3) is 5.65 Å². The van der Waals surface area contributed by atoms with Crippen LogP contribution in [0, 0.1) is 5.92 Å². The van der Waals surface area contributed by atoms with Gasteiger partial charge in [0.1, 0.15) is 0 Å². The van der Waals surface area contributed by atoms with E-state index in [9.17, 15) is 0 Å². The van der Waals surface area contributed by atoms with E-state index in [-0.39, 0.29) is 0 Å². The van der Waals surface area contributed by atoms with Crippen LogP contribution in [-0.2, 0) is 0 Å². The summed E-state index contributed by atoms with van der Waals surface area (Å²) in [6.45, 7) is 3.40. The van der Waals surface area contributed by atoms with E-state index < -0.39 is 0 Å². The predicted molar refractivity (Wildman–Crippen MR) is 84.0 cm³/mol. The van der Waals surface area contributed by atoms with Crippen molar-refractivity contribution >= 4 is 27.5 Å². The normalized spacial score (nSPS) is 17.7. The van der Waals surface area contributed by atoms with Crippen molar-refractivity contribution < 1.29 is 0 Å². The molecule has 3 heterocycles. The van der Waals surface area contributed by atoms with E-state index in [1.165, 1.54) is 32.4 Å². The van der Waals surface area contributed by atoms with Gasteiger partial charge in [0, 0.05) is 12.7 Å². The van der Waals surface area contributed by atoms with E-state index in [0.717, 1.165) is 22.6 Å². The molecule has 1 aliphatic heterocycles. The zero-order valence-electron chi connectivity index (χ0n) is 11.7. The molecule has 20 heavy (non-hydrogen) atoms. The zero-order valence-corrected chi connectivity index (χ0v) is 13.3. The first-order valence-corrected chi connectivity index (χ1v) is 7.95. The first-order valence-electron chi connectivity index (χ1n) is 7.15.